The van der Waals surface area contributed by atoms with Gasteiger partial charge >= 0.3 is 0 Å². The molecule has 2 aromatic rings. The van der Waals surface area contributed by atoms with Crippen molar-refractivity contribution in [3.05, 3.63) is 71.3 Å². The SMILES string of the molecule is OC1(C2CC2c2ccccc2)CCc2ccccc21. The number of rotatable bonds is 2. The molecule has 0 aromatic heterocycles. The lowest BCUT2D eigenvalue weighted by molar-refractivity contribution is 0.0129. The largest absolute Gasteiger partial charge is 0.385 e. The van der Waals surface area contributed by atoms with E-state index in [2.05, 4.69) is 54.6 Å². The Labute approximate surface area is 113 Å². The summed E-state index contributed by atoms with van der Waals surface area (Å²) in [4.78, 5) is 0. The van der Waals surface area contributed by atoms with Gasteiger partial charge in [-0.25, -0.2) is 0 Å². The predicted molar refractivity (Wildman–Crippen MR) is 75.9 cm³/mol. The Morgan fingerprint density at radius 1 is 0.947 bits per heavy atom. The van der Waals surface area contributed by atoms with E-state index in [-0.39, 0.29) is 0 Å². The van der Waals surface area contributed by atoms with Gasteiger partial charge in [-0.15, -0.1) is 0 Å². The molecule has 1 nitrogen and oxygen atoms in total. The molecule has 3 atom stereocenters. The summed E-state index contributed by atoms with van der Waals surface area (Å²) in [5.41, 5.74) is 3.31. The lowest BCUT2D eigenvalue weighted by atomic mass is 9.88. The second kappa shape index (κ2) is 3.94. The van der Waals surface area contributed by atoms with E-state index in [4.69, 9.17) is 0 Å². The van der Waals surface area contributed by atoms with Crippen LogP contribution in [0, 0.1) is 5.92 Å². The van der Waals surface area contributed by atoms with Gasteiger partial charge < -0.3 is 5.11 Å². The smallest absolute Gasteiger partial charge is 0.0936 e. The van der Waals surface area contributed by atoms with Crippen LogP contribution < -0.4 is 0 Å². The molecule has 4 rings (SSSR count). The van der Waals surface area contributed by atoms with Crippen LogP contribution in [0.15, 0.2) is 54.6 Å². The van der Waals surface area contributed by atoms with Gasteiger partial charge in [0, 0.05) is 0 Å². The second-order valence-corrected chi connectivity index (χ2v) is 5.94. The van der Waals surface area contributed by atoms with Crippen molar-refractivity contribution in [3.8, 4) is 0 Å². The molecule has 0 bridgehead atoms. The van der Waals surface area contributed by atoms with E-state index in [1.54, 1.807) is 0 Å². The number of fused-ring (bicyclic) bond motifs is 1. The molecule has 1 heteroatoms. The van der Waals surface area contributed by atoms with Crippen molar-refractivity contribution in [2.75, 3.05) is 0 Å². The third kappa shape index (κ3) is 1.65. The van der Waals surface area contributed by atoms with Gasteiger partial charge in [-0.3, -0.25) is 0 Å². The van der Waals surface area contributed by atoms with Crippen molar-refractivity contribution in [1.82, 2.24) is 0 Å². The molecular weight excluding hydrogens is 232 g/mol. The Kier molecular flexibility index (Phi) is 2.33. The van der Waals surface area contributed by atoms with Crippen molar-refractivity contribution >= 4 is 0 Å². The Balaban J connectivity index is 1.65. The molecule has 0 radical (unpaired) electrons. The van der Waals surface area contributed by atoms with Crippen LogP contribution in [-0.4, -0.2) is 5.11 Å². The van der Waals surface area contributed by atoms with Crippen molar-refractivity contribution in [2.24, 2.45) is 5.92 Å². The van der Waals surface area contributed by atoms with Crippen molar-refractivity contribution in [3.63, 3.8) is 0 Å². The molecule has 0 aliphatic heterocycles. The lowest BCUT2D eigenvalue weighted by Crippen LogP contribution is -2.25. The standard InChI is InChI=1S/C18H18O/c19-18(11-10-14-8-4-5-9-16(14)18)17-12-15(17)13-6-2-1-3-7-13/h1-9,15,17,19H,10-12H2. The van der Waals surface area contributed by atoms with Crippen LogP contribution in [0.3, 0.4) is 0 Å². The van der Waals surface area contributed by atoms with Gasteiger partial charge in [0.2, 0.25) is 0 Å². The van der Waals surface area contributed by atoms with Gasteiger partial charge in [0.1, 0.15) is 0 Å². The minimum Gasteiger partial charge on any atom is -0.385 e. The van der Waals surface area contributed by atoms with Crippen molar-refractivity contribution in [2.45, 2.75) is 30.8 Å². The number of hydrogen-bond donors (Lipinski definition) is 1. The van der Waals surface area contributed by atoms with E-state index < -0.39 is 5.60 Å². The molecule has 2 aromatic carbocycles. The van der Waals surface area contributed by atoms with Crippen LogP contribution in [0.2, 0.25) is 0 Å². The first-order valence-electron chi connectivity index (χ1n) is 7.15. The predicted octanol–water partition coefficient (Wildman–Crippen LogP) is 3.62. The molecule has 2 aliphatic rings. The minimum absolute atomic E-state index is 0.401. The minimum atomic E-state index is -0.586. The van der Waals surface area contributed by atoms with Gasteiger partial charge in [0.15, 0.2) is 0 Å². The fraction of sp³-hybridized carbons (Fsp3) is 0.333. The summed E-state index contributed by atoms with van der Waals surface area (Å²) < 4.78 is 0. The molecular formula is C18H18O. The van der Waals surface area contributed by atoms with Crippen LogP contribution in [0.5, 0.6) is 0 Å². The fourth-order valence-electron chi connectivity index (χ4n) is 3.80. The second-order valence-electron chi connectivity index (χ2n) is 5.94. The van der Waals surface area contributed by atoms with Gasteiger partial charge in [-0.05, 0) is 47.8 Å². The van der Waals surface area contributed by atoms with Crippen LogP contribution in [-0.2, 0) is 12.0 Å². The Morgan fingerprint density at radius 3 is 2.53 bits per heavy atom. The molecule has 1 saturated carbocycles. The number of aliphatic hydroxyl groups is 1. The monoisotopic (exact) mass is 250 g/mol. The van der Waals surface area contributed by atoms with Crippen molar-refractivity contribution < 1.29 is 5.11 Å². The third-order valence-corrected chi connectivity index (χ3v) is 4.89. The number of hydrogen-bond acceptors (Lipinski definition) is 1. The molecule has 1 N–H and O–H groups in total. The maximum Gasteiger partial charge on any atom is 0.0936 e. The van der Waals surface area contributed by atoms with Crippen LogP contribution in [0.25, 0.3) is 0 Å². The van der Waals surface area contributed by atoms with Crippen LogP contribution in [0.4, 0.5) is 0 Å². The first-order valence-corrected chi connectivity index (χ1v) is 7.15. The van der Waals surface area contributed by atoms with Crippen LogP contribution in [0.1, 0.15) is 35.4 Å². The zero-order chi connectivity index (χ0) is 12.9. The highest BCUT2D eigenvalue weighted by atomic mass is 16.3. The highest BCUT2D eigenvalue weighted by Crippen LogP contribution is 2.60. The third-order valence-electron chi connectivity index (χ3n) is 4.89. The van der Waals surface area contributed by atoms with E-state index in [0.717, 1.165) is 19.3 Å². The maximum absolute atomic E-state index is 11.1. The van der Waals surface area contributed by atoms with E-state index in [0.29, 0.717) is 11.8 Å². The van der Waals surface area contributed by atoms with Gasteiger partial charge in [-0.2, -0.15) is 0 Å². The topological polar surface area (TPSA) is 20.2 Å². The maximum atomic E-state index is 11.1. The van der Waals surface area contributed by atoms with E-state index in [1.807, 2.05) is 0 Å². The molecule has 1 fully saturated rings. The molecule has 3 unspecified atom stereocenters. The van der Waals surface area contributed by atoms with Crippen molar-refractivity contribution in [1.29, 1.82) is 0 Å². The summed E-state index contributed by atoms with van der Waals surface area (Å²) in [5, 5.41) is 11.1. The molecule has 96 valence electrons. The Bertz CT molecular complexity index is 604. The summed E-state index contributed by atoms with van der Waals surface area (Å²) >= 11 is 0. The molecule has 0 spiro atoms. The summed E-state index contributed by atoms with van der Waals surface area (Å²) in [7, 11) is 0. The van der Waals surface area contributed by atoms with Crippen LogP contribution >= 0.6 is 0 Å². The fourth-order valence-corrected chi connectivity index (χ4v) is 3.80. The average Bonchev–Trinajstić information content (AvgIpc) is 3.21. The molecule has 0 heterocycles. The summed E-state index contributed by atoms with van der Waals surface area (Å²) in [6.45, 7) is 0. The quantitative estimate of drug-likeness (QED) is 0.863. The normalized spacial score (nSPS) is 32.1. The highest BCUT2D eigenvalue weighted by Gasteiger charge is 2.55. The number of benzene rings is 2. The first-order chi connectivity index (χ1) is 9.29. The van der Waals surface area contributed by atoms with E-state index in [9.17, 15) is 5.11 Å². The van der Waals surface area contributed by atoms with Gasteiger partial charge in [0.05, 0.1) is 5.60 Å². The van der Waals surface area contributed by atoms with Gasteiger partial charge in [-0.1, -0.05) is 54.6 Å². The molecule has 19 heavy (non-hydrogen) atoms. The highest BCUT2D eigenvalue weighted by molar-refractivity contribution is 5.41. The zero-order valence-corrected chi connectivity index (χ0v) is 10.9. The molecule has 2 aliphatic carbocycles. The number of aryl methyl sites for hydroxylation is 1. The van der Waals surface area contributed by atoms with Gasteiger partial charge in [0.25, 0.3) is 0 Å². The molecule has 0 amide bonds. The first kappa shape index (κ1) is 11.2. The average molecular weight is 250 g/mol. The Morgan fingerprint density at radius 2 is 1.68 bits per heavy atom. The lowest BCUT2D eigenvalue weighted by Gasteiger charge is -2.24. The summed E-state index contributed by atoms with van der Waals surface area (Å²) in [5.74, 6) is 0.941. The zero-order valence-electron chi connectivity index (χ0n) is 10.9. The Hall–Kier alpha value is -1.60. The van der Waals surface area contributed by atoms with E-state index in [1.165, 1.54) is 16.7 Å². The summed E-state index contributed by atoms with van der Waals surface area (Å²) in [6, 6.07) is 19.0. The van der Waals surface area contributed by atoms with E-state index >= 15 is 0 Å². The summed E-state index contributed by atoms with van der Waals surface area (Å²) in [6.07, 6.45) is 3.03. The molecule has 0 saturated heterocycles.